The van der Waals surface area contributed by atoms with Gasteiger partial charge in [0.1, 0.15) is 16.7 Å². The average molecular weight is 1780 g/mol. The average Bonchev–Trinajstić information content (AvgIpc) is 1.56. The van der Waals surface area contributed by atoms with E-state index >= 15 is 0 Å². The number of para-hydroxylation sites is 1. The first-order valence-corrected chi connectivity index (χ1v) is 34.9. The van der Waals surface area contributed by atoms with Crippen molar-refractivity contribution in [2.24, 2.45) is 21.7 Å². The quantitative estimate of drug-likeness (QED) is 0.114. The number of rotatable bonds is 8. The number of furan rings is 2. The number of aryl methyl sites for hydroxylation is 2. The van der Waals surface area contributed by atoms with Gasteiger partial charge in [0.25, 0.3) is 0 Å². The fourth-order valence-corrected chi connectivity index (χ4v) is 12.6. The molecule has 6 aromatic heterocycles. The molecule has 0 aliphatic carbocycles. The molecule has 16 aromatic rings. The molecule has 0 aliphatic rings. The first kappa shape index (κ1) is 68.2. The van der Waals surface area contributed by atoms with Crippen LogP contribution < -0.4 is 0 Å². The maximum atomic E-state index is 8.87. The number of benzene rings is 10. The zero-order chi connectivity index (χ0) is 83.8. The summed E-state index contributed by atoms with van der Waals surface area (Å²) in [4.78, 5) is 17.9. The van der Waals surface area contributed by atoms with E-state index in [0.29, 0.717) is 33.5 Å². The fourth-order valence-electron chi connectivity index (χ4n) is 12.6. The summed E-state index contributed by atoms with van der Waals surface area (Å²) in [5.74, 6) is 0. The minimum Gasteiger partial charge on any atom is -0.501 e. The number of hydrogen-bond donors (Lipinski definition) is 2. The van der Waals surface area contributed by atoms with Crippen molar-refractivity contribution >= 4 is 87.0 Å². The molecular weight excluding hydrogens is 1670 g/mol. The molecule has 0 saturated carbocycles. The van der Waals surface area contributed by atoms with Crippen molar-refractivity contribution in [2.75, 3.05) is 14.2 Å². The Labute approximate surface area is 676 Å². The van der Waals surface area contributed by atoms with E-state index in [-0.39, 0.29) is 58.8 Å². The Kier molecular flexibility index (Phi) is 23.0. The van der Waals surface area contributed by atoms with Crippen LogP contribution >= 0.6 is 0 Å². The first-order chi connectivity index (χ1) is 54.2. The zero-order valence-corrected chi connectivity index (χ0v) is 67.5. The third-order valence-corrected chi connectivity index (χ3v) is 16.8. The van der Waals surface area contributed by atoms with E-state index in [0.717, 1.165) is 113 Å². The Hall–Kier alpha value is -9.34. The summed E-state index contributed by atoms with van der Waals surface area (Å²) < 4.78 is 105. The summed E-state index contributed by atoms with van der Waals surface area (Å²) >= 11 is 0. The van der Waals surface area contributed by atoms with Gasteiger partial charge in [-0.3, -0.25) is 4.98 Å². The minimum atomic E-state index is -2.51. The SMILES string of the molecule is C.CO.CO.[2H]C([2H])([2H])c1cnc(-c2[c-]ccc3c2oc2ccc4ccc5ccccc5c4c23)cc1C([2H])([2H])C(C)(C)C.[2H]C([2H])(c1cc(-c2cccc3c2oc2ccc4ccc5ccccc5c4c23)ncc1C)C(C)(C)C.[2H]C([2H])(c1ccc(-c2[c-]cccc2)nc1)C(C)(C)C.[2H]C([2H])(c1ccc(-c2[c-]cccc2)nc1)C(C)(C)C.[Ir].[Ir]. The van der Waals surface area contributed by atoms with Crippen LogP contribution in [0, 0.1) is 53.6 Å². The summed E-state index contributed by atoms with van der Waals surface area (Å²) in [7, 11) is 2.00. The summed E-state index contributed by atoms with van der Waals surface area (Å²) in [5, 5.41) is 27.3. The van der Waals surface area contributed by atoms with E-state index in [1.807, 2.05) is 197 Å². The number of nitrogens with zero attached hydrogens (tertiary/aromatic N) is 4. The molecule has 0 spiro atoms. The number of fused-ring (bicyclic) bond motifs is 14. The van der Waals surface area contributed by atoms with Crippen LogP contribution in [0.2, 0.25) is 0 Å². The smallest absolute Gasteiger partial charge is 0.144 e. The molecule has 2 N–H and O–H groups in total. The summed E-state index contributed by atoms with van der Waals surface area (Å²) in [5.41, 5.74) is 9.41. The van der Waals surface area contributed by atoms with E-state index in [4.69, 9.17) is 39.1 Å². The van der Waals surface area contributed by atoms with Crippen molar-refractivity contribution in [3.05, 3.63) is 289 Å². The predicted octanol–water partition coefficient (Wildman–Crippen LogP) is 25.6. The molecular formula is C97H101Ir2N4O4-3. The van der Waals surface area contributed by atoms with E-state index in [1.165, 1.54) is 27.7 Å². The van der Waals surface area contributed by atoms with Gasteiger partial charge in [-0.1, -0.05) is 234 Å². The molecule has 0 aliphatic heterocycles. The molecule has 0 saturated heterocycles. The van der Waals surface area contributed by atoms with Crippen LogP contribution in [0.4, 0.5) is 0 Å². The second-order valence-corrected chi connectivity index (χ2v) is 29.5. The van der Waals surface area contributed by atoms with Gasteiger partial charge >= 0.3 is 0 Å². The topological polar surface area (TPSA) is 118 Å². The van der Waals surface area contributed by atoms with Crippen LogP contribution in [0.3, 0.4) is 0 Å². The van der Waals surface area contributed by atoms with Gasteiger partial charge in [-0.25, -0.2) is 0 Å². The van der Waals surface area contributed by atoms with Crippen molar-refractivity contribution in [2.45, 2.75) is 130 Å². The molecule has 10 aromatic carbocycles. The van der Waals surface area contributed by atoms with Crippen molar-refractivity contribution in [1.29, 1.82) is 0 Å². The van der Waals surface area contributed by atoms with Crippen molar-refractivity contribution in [3.63, 3.8) is 0 Å². The molecule has 0 amide bonds. The maximum absolute atomic E-state index is 8.87. The third kappa shape index (κ3) is 20.3. The van der Waals surface area contributed by atoms with Gasteiger partial charge in [-0.15, -0.1) is 90.0 Å². The van der Waals surface area contributed by atoms with Gasteiger partial charge in [0, 0.05) is 121 Å². The van der Waals surface area contributed by atoms with Crippen LogP contribution in [-0.4, -0.2) is 44.4 Å². The van der Waals surface area contributed by atoms with E-state index < -0.39 is 54.0 Å². The molecule has 2 radical (unpaired) electrons. The standard InChI is InChI=1S/C31H27NO.C31H26NO.2C16H18N.2CH4O.CH4.2Ir/c2*1-19-18-32-26(16-22(19)17-31(2,3)4)24-10-7-11-25-29-27(33-30(24)25)15-14-21-13-12-20-8-5-6-9-23(20)28(21)29;2*1-16(2,3)11-13-9-10-15(17-12-13)14-7-5-4-6-8-14;2*1-2;;;/h5-16,18H,17H2,1-4H3;5-9,11-16,18H,17H2,1-4H3;2*4-7,9-10,12H,11H2,1-3H3;2*2H,1H3;1H4;;/q;3*-1;;;;;/i17D2;1D3,17D2;2*11D2;;;;;. The van der Waals surface area contributed by atoms with Crippen LogP contribution in [-0.2, 0) is 65.7 Å². The Morgan fingerprint density at radius 1 is 0.374 bits per heavy atom. The number of hydrogen-bond acceptors (Lipinski definition) is 8. The second-order valence-electron chi connectivity index (χ2n) is 29.5. The van der Waals surface area contributed by atoms with Crippen LogP contribution in [0.1, 0.15) is 139 Å². The van der Waals surface area contributed by atoms with Gasteiger partial charge in [0.05, 0.1) is 11.3 Å². The summed E-state index contributed by atoms with van der Waals surface area (Å²) in [6.45, 7) is 21.9. The largest absolute Gasteiger partial charge is 0.501 e. The van der Waals surface area contributed by atoms with E-state index in [1.54, 1.807) is 45.4 Å². The monoisotopic (exact) mass is 1780 g/mol. The maximum Gasteiger partial charge on any atom is 0.144 e. The molecule has 6 heterocycles. The Morgan fingerprint density at radius 3 is 1.25 bits per heavy atom. The predicted molar refractivity (Wildman–Crippen MR) is 445 cm³/mol. The zero-order valence-electron chi connectivity index (χ0n) is 73.7. The van der Waals surface area contributed by atoms with Crippen molar-refractivity contribution in [3.8, 4) is 45.0 Å². The number of pyridine rings is 4. The Morgan fingerprint density at radius 2 is 0.785 bits per heavy atom. The number of aliphatic hydroxyl groups excluding tert-OH is 2. The normalized spacial score (nSPS) is 13.6. The van der Waals surface area contributed by atoms with Gasteiger partial charge < -0.3 is 34.0 Å². The molecule has 8 nitrogen and oxygen atoms in total. The summed E-state index contributed by atoms with van der Waals surface area (Å²) in [6, 6.07) is 78.9. The fraction of sp³-hybridized carbons (Fsp3) is 0.258. The van der Waals surface area contributed by atoms with Crippen molar-refractivity contribution in [1.82, 2.24) is 19.9 Å². The molecule has 0 unspecified atom stereocenters. The first-order valence-electron chi connectivity index (χ1n) is 40.4. The Balaban J connectivity index is 0.000000200. The molecule has 10 heteroatoms. The third-order valence-electron chi connectivity index (χ3n) is 16.8. The van der Waals surface area contributed by atoms with Crippen molar-refractivity contribution < 1.29 is 74.3 Å². The van der Waals surface area contributed by atoms with Crippen LogP contribution in [0.5, 0.6) is 0 Å². The molecule has 554 valence electrons. The minimum absolute atomic E-state index is 0. The molecule has 0 bridgehead atoms. The Bertz CT molecular complexity index is 6040. The van der Waals surface area contributed by atoms with Crippen LogP contribution in [0.15, 0.2) is 246 Å². The number of aliphatic hydroxyl groups is 2. The molecule has 107 heavy (non-hydrogen) atoms. The molecule has 16 rings (SSSR count). The molecule has 0 fully saturated rings. The second kappa shape index (κ2) is 36.0. The van der Waals surface area contributed by atoms with Gasteiger partial charge in [0.2, 0.25) is 0 Å². The van der Waals surface area contributed by atoms with Crippen LogP contribution in [0.25, 0.3) is 132 Å². The van der Waals surface area contributed by atoms with Gasteiger partial charge in [-0.05, 0) is 168 Å². The summed E-state index contributed by atoms with van der Waals surface area (Å²) in [6.07, 6.45) is 0.0653. The van der Waals surface area contributed by atoms with E-state index in [9.17, 15) is 0 Å². The number of aromatic nitrogens is 4. The molecule has 0 atom stereocenters. The van der Waals surface area contributed by atoms with Gasteiger partial charge in [-0.2, -0.15) is 0 Å². The van der Waals surface area contributed by atoms with Gasteiger partial charge in [0.15, 0.2) is 0 Å². The van der Waals surface area contributed by atoms with E-state index in [2.05, 4.69) is 112 Å².